The number of hydrogen-bond acceptors (Lipinski definition) is 4. The molecule has 0 saturated carbocycles. The van der Waals surface area contributed by atoms with E-state index in [9.17, 15) is 4.39 Å². The maximum absolute atomic E-state index is 12.9. The molecule has 0 bridgehead atoms. The summed E-state index contributed by atoms with van der Waals surface area (Å²) < 4.78 is 12.9. The van der Waals surface area contributed by atoms with Gasteiger partial charge in [0.15, 0.2) is 5.13 Å². The van der Waals surface area contributed by atoms with E-state index in [2.05, 4.69) is 9.88 Å². The largest absolute Gasteiger partial charge is 0.375 e. The molecule has 104 valence electrons. The van der Waals surface area contributed by atoms with Gasteiger partial charge in [0.05, 0.1) is 0 Å². The minimum Gasteiger partial charge on any atom is -0.375 e. The van der Waals surface area contributed by atoms with Crippen molar-refractivity contribution in [2.45, 2.75) is 13.1 Å². The first kappa shape index (κ1) is 16.2. The first-order chi connectivity index (χ1) is 8.54. The molecule has 2 N–H and O–H groups in total. The van der Waals surface area contributed by atoms with Crippen molar-refractivity contribution < 1.29 is 4.39 Å². The van der Waals surface area contributed by atoms with E-state index in [4.69, 9.17) is 17.3 Å². The van der Waals surface area contributed by atoms with Gasteiger partial charge in [-0.1, -0.05) is 17.7 Å². The number of benzene rings is 1. The van der Waals surface area contributed by atoms with Crippen LogP contribution in [0.4, 0.5) is 9.52 Å². The molecule has 1 heterocycles. The van der Waals surface area contributed by atoms with Crippen molar-refractivity contribution in [2.75, 3.05) is 12.8 Å². The van der Waals surface area contributed by atoms with Crippen LogP contribution in [0.25, 0.3) is 0 Å². The summed E-state index contributed by atoms with van der Waals surface area (Å²) >= 11 is 7.45. The average molecular weight is 322 g/mol. The van der Waals surface area contributed by atoms with E-state index in [1.54, 1.807) is 12.3 Å². The fourth-order valence-corrected chi connectivity index (χ4v) is 2.65. The molecule has 0 aliphatic heterocycles. The molecule has 19 heavy (non-hydrogen) atoms. The molecule has 2 rings (SSSR count). The standard InChI is InChI=1S/C12H13ClFN3S.ClH/c1-17(7-10-5-16-12(15)18-10)6-8-2-3-9(14)4-11(8)13;/h2-5H,6-7H2,1H3,(H2,15,16);1H. The summed E-state index contributed by atoms with van der Waals surface area (Å²) in [5.41, 5.74) is 6.47. The maximum atomic E-state index is 12.9. The highest BCUT2D eigenvalue weighted by atomic mass is 35.5. The summed E-state index contributed by atoms with van der Waals surface area (Å²) in [6.45, 7) is 1.39. The molecule has 0 saturated heterocycles. The molecule has 0 atom stereocenters. The Morgan fingerprint density at radius 2 is 2.16 bits per heavy atom. The number of rotatable bonds is 4. The molecular weight excluding hydrogens is 308 g/mol. The van der Waals surface area contributed by atoms with Crippen molar-refractivity contribution in [1.82, 2.24) is 9.88 Å². The smallest absolute Gasteiger partial charge is 0.180 e. The molecule has 0 amide bonds. The highest BCUT2D eigenvalue weighted by molar-refractivity contribution is 7.15. The predicted octanol–water partition coefficient (Wildman–Crippen LogP) is 3.57. The van der Waals surface area contributed by atoms with Gasteiger partial charge in [-0.2, -0.15) is 0 Å². The maximum Gasteiger partial charge on any atom is 0.180 e. The molecule has 0 aliphatic carbocycles. The molecule has 2 aromatic rings. The number of nitrogen functional groups attached to an aromatic ring is 1. The third-order valence-corrected chi connectivity index (χ3v) is 3.62. The van der Waals surface area contributed by atoms with Crippen molar-refractivity contribution in [3.05, 3.63) is 45.7 Å². The van der Waals surface area contributed by atoms with Gasteiger partial charge in [0.1, 0.15) is 5.82 Å². The summed E-state index contributed by atoms with van der Waals surface area (Å²) in [6, 6.07) is 4.45. The summed E-state index contributed by atoms with van der Waals surface area (Å²) in [7, 11) is 1.97. The normalized spacial score (nSPS) is 10.5. The number of nitrogens with zero attached hydrogens (tertiary/aromatic N) is 2. The third kappa shape index (κ3) is 4.62. The number of nitrogens with two attached hydrogens (primary N) is 1. The number of aromatic nitrogens is 1. The summed E-state index contributed by atoms with van der Waals surface area (Å²) in [6.07, 6.45) is 1.77. The molecule has 1 aromatic heterocycles. The lowest BCUT2D eigenvalue weighted by Crippen LogP contribution is -2.16. The zero-order valence-corrected chi connectivity index (χ0v) is 12.7. The quantitative estimate of drug-likeness (QED) is 0.936. The Balaban J connectivity index is 0.00000180. The van der Waals surface area contributed by atoms with Crippen LogP contribution in [0.1, 0.15) is 10.4 Å². The van der Waals surface area contributed by atoms with Crippen LogP contribution < -0.4 is 5.73 Å². The Labute approximate surface area is 126 Å². The van der Waals surface area contributed by atoms with Gasteiger partial charge >= 0.3 is 0 Å². The van der Waals surface area contributed by atoms with Crippen LogP contribution >= 0.6 is 35.3 Å². The Kier molecular flexibility index (Phi) is 6.00. The average Bonchev–Trinajstić information content (AvgIpc) is 2.68. The van der Waals surface area contributed by atoms with E-state index in [0.29, 0.717) is 16.7 Å². The molecule has 1 aromatic carbocycles. The Morgan fingerprint density at radius 1 is 1.42 bits per heavy atom. The molecule has 0 aliphatic rings. The second-order valence-corrected chi connectivity index (χ2v) is 5.63. The molecule has 0 unspecified atom stereocenters. The van der Waals surface area contributed by atoms with E-state index in [-0.39, 0.29) is 18.2 Å². The number of thiazole rings is 1. The molecule has 0 fully saturated rings. The number of anilines is 1. The number of halogens is 3. The van der Waals surface area contributed by atoms with Crippen molar-refractivity contribution in [3.63, 3.8) is 0 Å². The van der Waals surface area contributed by atoms with Crippen molar-refractivity contribution >= 4 is 40.5 Å². The number of hydrogen-bond donors (Lipinski definition) is 1. The lowest BCUT2D eigenvalue weighted by Gasteiger charge is -2.16. The van der Waals surface area contributed by atoms with Gasteiger partial charge in [0.2, 0.25) is 0 Å². The van der Waals surface area contributed by atoms with Gasteiger partial charge in [-0.3, -0.25) is 4.90 Å². The molecule has 7 heteroatoms. The Hall–Kier alpha value is -0.880. The highest BCUT2D eigenvalue weighted by Crippen LogP contribution is 2.21. The van der Waals surface area contributed by atoms with Crippen molar-refractivity contribution in [2.24, 2.45) is 0 Å². The topological polar surface area (TPSA) is 42.2 Å². The second-order valence-electron chi connectivity index (χ2n) is 4.07. The van der Waals surface area contributed by atoms with Gasteiger partial charge in [0.25, 0.3) is 0 Å². The van der Waals surface area contributed by atoms with Gasteiger partial charge in [-0.25, -0.2) is 9.37 Å². The summed E-state index contributed by atoms with van der Waals surface area (Å²) in [5.74, 6) is -0.318. The van der Waals surface area contributed by atoms with Crippen LogP contribution in [-0.2, 0) is 13.1 Å². The first-order valence-corrected chi connectivity index (χ1v) is 6.56. The Bertz CT molecular complexity index is 548. The van der Waals surface area contributed by atoms with Crippen LogP contribution in [0, 0.1) is 5.82 Å². The van der Waals surface area contributed by atoms with Gasteiger partial charge in [-0.05, 0) is 24.7 Å². The van der Waals surface area contributed by atoms with Crippen LogP contribution in [0.2, 0.25) is 5.02 Å². The molecule has 0 spiro atoms. The fourth-order valence-electron chi connectivity index (χ4n) is 1.66. The van der Waals surface area contributed by atoms with E-state index in [0.717, 1.165) is 17.0 Å². The predicted molar refractivity (Wildman–Crippen MR) is 80.4 cm³/mol. The monoisotopic (exact) mass is 321 g/mol. The third-order valence-electron chi connectivity index (χ3n) is 2.45. The van der Waals surface area contributed by atoms with Crippen molar-refractivity contribution in [3.8, 4) is 0 Å². The lowest BCUT2D eigenvalue weighted by atomic mass is 10.2. The molecular formula is C12H14Cl2FN3S. The minimum absolute atomic E-state index is 0. The second kappa shape index (κ2) is 7.05. The molecule has 3 nitrogen and oxygen atoms in total. The highest BCUT2D eigenvalue weighted by Gasteiger charge is 2.08. The van der Waals surface area contributed by atoms with Gasteiger partial charge < -0.3 is 5.73 Å². The van der Waals surface area contributed by atoms with E-state index in [1.165, 1.54) is 23.5 Å². The van der Waals surface area contributed by atoms with Crippen LogP contribution in [-0.4, -0.2) is 16.9 Å². The zero-order chi connectivity index (χ0) is 13.1. The summed E-state index contributed by atoms with van der Waals surface area (Å²) in [4.78, 5) is 7.17. The molecule has 0 radical (unpaired) electrons. The Morgan fingerprint density at radius 3 is 2.74 bits per heavy atom. The fraction of sp³-hybridized carbons (Fsp3) is 0.250. The van der Waals surface area contributed by atoms with E-state index < -0.39 is 0 Å². The van der Waals surface area contributed by atoms with E-state index >= 15 is 0 Å². The summed E-state index contributed by atoms with van der Waals surface area (Å²) in [5, 5.41) is 1.02. The minimum atomic E-state index is -0.318. The van der Waals surface area contributed by atoms with Gasteiger partial charge in [0, 0.05) is 29.2 Å². The van der Waals surface area contributed by atoms with Crippen LogP contribution in [0.15, 0.2) is 24.4 Å². The SMILES string of the molecule is CN(Cc1cnc(N)s1)Cc1ccc(F)cc1Cl.Cl. The van der Waals surface area contributed by atoms with Crippen LogP contribution in [0.3, 0.4) is 0 Å². The van der Waals surface area contributed by atoms with Crippen molar-refractivity contribution in [1.29, 1.82) is 0 Å². The van der Waals surface area contributed by atoms with E-state index in [1.807, 2.05) is 7.05 Å². The lowest BCUT2D eigenvalue weighted by molar-refractivity contribution is 0.321. The first-order valence-electron chi connectivity index (χ1n) is 5.37. The van der Waals surface area contributed by atoms with Crippen LogP contribution in [0.5, 0.6) is 0 Å². The zero-order valence-electron chi connectivity index (χ0n) is 10.3. The van der Waals surface area contributed by atoms with Gasteiger partial charge in [-0.15, -0.1) is 23.7 Å².